The zero-order valence-corrected chi connectivity index (χ0v) is 11.6. The van der Waals surface area contributed by atoms with Gasteiger partial charge in [-0.15, -0.1) is 0 Å². The largest absolute Gasteiger partial charge is 0.277 e. The number of hydrogen-bond acceptors (Lipinski definition) is 2. The normalized spacial score (nSPS) is 10.6. The molecule has 0 saturated heterocycles. The summed E-state index contributed by atoms with van der Waals surface area (Å²) in [5, 5.41) is 9.06. The molecule has 2 aromatic carbocycles. The average Bonchev–Trinajstić information content (AvgIpc) is 2.91. The van der Waals surface area contributed by atoms with Gasteiger partial charge in [0.2, 0.25) is 0 Å². The molecule has 0 saturated carbocycles. The Morgan fingerprint density at radius 2 is 1.68 bits per heavy atom. The summed E-state index contributed by atoms with van der Waals surface area (Å²) in [5.41, 5.74) is 2.16. The van der Waals surface area contributed by atoms with E-state index < -0.39 is 0 Å². The number of hydrogen-bond donors (Lipinski definition) is 1. The molecular formula is C15H11ClN2S. The molecule has 0 bridgehead atoms. The fourth-order valence-electron chi connectivity index (χ4n) is 1.74. The molecule has 0 unspecified atom stereocenters. The van der Waals surface area contributed by atoms with E-state index >= 15 is 0 Å². The molecule has 19 heavy (non-hydrogen) atoms. The molecule has 0 aliphatic carbocycles. The van der Waals surface area contributed by atoms with E-state index in [1.54, 1.807) is 11.8 Å². The van der Waals surface area contributed by atoms with Crippen LogP contribution in [-0.2, 0) is 0 Å². The van der Waals surface area contributed by atoms with Gasteiger partial charge in [-0.25, -0.2) is 0 Å². The predicted molar refractivity (Wildman–Crippen MR) is 79.6 cm³/mol. The van der Waals surface area contributed by atoms with Crippen LogP contribution in [0.5, 0.6) is 0 Å². The highest BCUT2D eigenvalue weighted by molar-refractivity contribution is 7.99. The topological polar surface area (TPSA) is 28.7 Å². The van der Waals surface area contributed by atoms with Crippen LogP contribution in [-0.4, -0.2) is 10.2 Å². The van der Waals surface area contributed by atoms with Crippen LogP contribution in [0.2, 0.25) is 5.02 Å². The average molecular weight is 287 g/mol. The van der Waals surface area contributed by atoms with Crippen LogP contribution in [0.3, 0.4) is 0 Å². The van der Waals surface area contributed by atoms with E-state index in [0.29, 0.717) is 0 Å². The van der Waals surface area contributed by atoms with E-state index in [-0.39, 0.29) is 0 Å². The van der Waals surface area contributed by atoms with Crippen LogP contribution >= 0.6 is 23.4 Å². The molecule has 0 fully saturated rings. The Morgan fingerprint density at radius 1 is 0.947 bits per heavy atom. The van der Waals surface area contributed by atoms with Crippen LogP contribution in [0, 0.1) is 0 Å². The maximum atomic E-state index is 5.87. The highest BCUT2D eigenvalue weighted by atomic mass is 35.5. The van der Waals surface area contributed by atoms with Gasteiger partial charge >= 0.3 is 0 Å². The highest BCUT2D eigenvalue weighted by Gasteiger charge is 2.04. The van der Waals surface area contributed by atoms with Crippen molar-refractivity contribution in [3.8, 4) is 11.3 Å². The Balaban J connectivity index is 1.80. The van der Waals surface area contributed by atoms with Crippen molar-refractivity contribution in [3.05, 3.63) is 65.7 Å². The Labute approximate surface area is 120 Å². The molecule has 94 valence electrons. The number of halogens is 1. The summed E-state index contributed by atoms with van der Waals surface area (Å²) < 4.78 is 0. The molecule has 0 amide bonds. The van der Waals surface area contributed by atoms with E-state index in [1.165, 1.54) is 0 Å². The molecular weight excluding hydrogens is 276 g/mol. The van der Waals surface area contributed by atoms with Crippen LogP contribution in [0.4, 0.5) is 0 Å². The summed E-state index contributed by atoms with van der Waals surface area (Å²) in [6.07, 6.45) is 0. The minimum absolute atomic E-state index is 0.747. The number of H-pyrrole nitrogens is 1. The minimum Gasteiger partial charge on any atom is -0.277 e. The summed E-state index contributed by atoms with van der Waals surface area (Å²) >= 11 is 7.48. The van der Waals surface area contributed by atoms with Crippen LogP contribution < -0.4 is 0 Å². The molecule has 0 radical (unpaired) electrons. The van der Waals surface area contributed by atoms with E-state index in [0.717, 1.165) is 26.2 Å². The maximum absolute atomic E-state index is 5.87. The first-order chi connectivity index (χ1) is 9.31. The van der Waals surface area contributed by atoms with Crippen molar-refractivity contribution in [1.82, 2.24) is 10.2 Å². The van der Waals surface area contributed by atoms with Crippen LogP contribution in [0.25, 0.3) is 11.3 Å². The first kappa shape index (κ1) is 12.3. The molecule has 0 aliphatic rings. The van der Waals surface area contributed by atoms with Crippen molar-refractivity contribution >= 4 is 23.4 Å². The quantitative estimate of drug-likeness (QED) is 0.743. The SMILES string of the molecule is Clc1ccc(Sc2cc(-c3ccccc3)[nH]n2)cc1. The van der Waals surface area contributed by atoms with E-state index in [1.807, 2.05) is 42.5 Å². The first-order valence-corrected chi connectivity index (χ1v) is 7.05. The highest BCUT2D eigenvalue weighted by Crippen LogP contribution is 2.29. The fraction of sp³-hybridized carbons (Fsp3) is 0. The Morgan fingerprint density at radius 3 is 2.42 bits per heavy atom. The lowest BCUT2D eigenvalue weighted by Crippen LogP contribution is -1.75. The third-order valence-corrected chi connectivity index (χ3v) is 3.85. The summed E-state index contributed by atoms with van der Waals surface area (Å²) in [5.74, 6) is 0. The maximum Gasteiger partial charge on any atom is 0.123 e. The first-order valence-electron chi connectivity index (χ1n) is 5.85. The van der Waals surface area contributed by atoms with Crippen LogP contribution in [0.1, 0.15) is 0 Å². The second-order valence-corrected chi connectivity index (χ2v) is 5.57. The minimum atomic E-state index is 0.747. The van der Waals surface area contributed by atoms with Crippen molar-refractivity contribution in [2.24, 2.45) is 0 Å². The Hall–Kier alpha value is -1.71. The van der Waals surface area contributed by atoms with Gasteiger partial charge in [-0.2, -0.15) is 5.10 Å². The van der Waals surface area contributed by atoms with E-state index in [9.17, 15) is 0 Å². The molecule has 4 heteroatoms. The number of aromatic nitrogens is 2. The van der Waals surface area contributed by atoms with Crippen molar-refractivity contribution in [2.75, 3.05) is 0 Å². The van der Waals surface area contributed by atoms with Gasteiger partial charge in [-0.05, 0) is 35.9 Å². The zero-order chi connectivity index (χ0) is 13.1. The van der Waals surface area contributed by atoms with Gasteiger partial charge < -0.3 is 0 Å². The molecule has 0 atom stereocenters. The predicted octanol–water partition coefficient (Wildman–Crippen LogP) is 4.88. The summed E-state index contributed by atoms with van der Waals surface area (Å²) in [6, 6.07) is 20.0. The van der Waals surface area contributed by atoms with Gasteiger partial charge in [0.15, 0.2) is 0 Å². The number of nitrogens with zero attached hydrogens (tertiary/aromatic N) is 1. The van der Waals surface area contributed by atoms with Crippen molar-refractivity contribution in [2.45, 2.75) is 9.92 Å². The second-order valence-electron chi connectivity index (χ2n) is 4.04. The summed E-state index contributed by atoms with van der Waals surface area (Å²) in [6.45, 7) is 0. The third-order valence-electron chi connectivity index (χ3n) is 2.68. The lowest BCUT2D eigenvalue weighted by atomic mass is 10.2. The zero-order valence-electron chi connectivity index (χ0n) is 10.0. The van der Waals surface area contributed by atoms with E-state index in [4.69, 9.17) is 11.6 Å². The molecule has 0 spiro atoms. The Kier molecular flexibility index (Phi) is 3.58. The molecule has 1 N–H and O–H groups in total. The van der Waals surface area contributed by atoms with Gasteiger partial charge in [0.05, 0.1) is 5.69 Å². The molecule has 3 aromatic rings. The van der Waals surface area contributed by atoms with Gasteiger partial charge in [0, 0.05) is 9.92 Å². The summed E-state index contributed by atoms with van der Waals surface area (Å²) in [7, 11) is 0. The van der Waals surface area contributed by atoms with Crippen LogP contribution in [0.15, 0.2) is 70.6 Å². The second kappa shape index (κ2) is 5.51. The fourth-order valence-corrected chi connectivity index (χ4v) is 2.65. The molecule has 1 aromatic heterocycles. The van der Waals surface area contributed by atoms with Crippen molar-refractivity contribution in [3.63, 3.8) is 0 Å². The van der Waals surface area contributed by atoms with Gasteiger partial charge in [0.1, 0.15) is 5.03 Å². The van der Waals surface area contributed by atoms with Crippen molar-refractivity contribution in [1.29, 1.82) is 0 Å². The van der Waals surface area contributed by atoms with Gasteiger partial charge in [-0.1, -0.05) is 53.7 Å². The number of aromatic amines is 1. The van der Waals surface area contributed by atoms with E-state index in [2.05, 4.69) is 28.4 Å². The smallest absolute Gasteiger partial charge is 0.123 e. The Bertz CT molecular complexity index is 662. The summed E-state index contributed by atoms with van der Waals surface area (Å²) in [4.78, 5) is 1.12. The monoisotopic (exact) mass is 286 g/mol. The van der Waals surface area contributed by atoms with Gasteiger partial charge in [-0.3, -0.25) is 5.10 Å². The molecule has 2 nitrogen and oxygen atoms in total. The lowest BCUT2D eigenvalue weighted by Gasteiger charge is -1.97. The molecule has 0 aliphatic heterocycles. The van der Waals surface area contributed by atoms with Gasteiger partial charge in [0.25, 0.3) is 0 Å². The number of nitrogens with one attached hydrogen (secondary N) is 1. The standard InChI is InChI=1S/C15H11ClN2S/c16-12-6-8-13(9-7-12)19-15-10-14(17-18-15)11-4-2-1-3-5-11/h1-10H,(H,17,18). The molecule has 3 rings (SSSR count). The van der Waals surface area contributed by atoms with Crippen molar-refractivity contribution < 1.29 is 0 Å². The lowest BCUT2D eigenvalue weighted by molar-refractivity contribution is 1.01. The molecule has 1 heterocycles. The third kappa shape index (κ3) is 3.00. The number of rotatable bonds is 3. The number of benzene rings is 2.